The lowest BCUT2D eigenvalue weighted by Gasteiger charge is -2.23. The van der Waals surface area contributed by atoms with Crippen molar-refractivity contribution in [3.63, 3.8) is 0 Å². The molecule has 0 bridgehead atoms. The Labute approximate surface area is 106 Å². The molecule has 2 amide bonds. The second-order valence-corrected chi connectivity index (χ2v) is 5.42. The first kappa shape index (κ1) is 11.5. The topological polar surface area (TPSA) is 71.8 Å². The van der Waals surface area contributed by atoms with Crippen LogP contribution in [0.5, 0.6) is 0 Å². The smallest absolute Gasteiger partial charge is 0.315 e. The minimum atomic E-state index is -0.0531. The lowest BCUT2D eigenvalue weighted by molar-refractivity contribution is 0.231. The second-order valence-electron chi connectivity index (χ2n) is 5.42. The van der Waals surface area contributed by atoms with E-state index in [1.807, 2.05) is 4.68 Å². The number of nitrogens with one attached hydrogen (secondary N) is 2. The zero-order chi connectivity index (χ0) is 12.5. The normalized spacial score (nSPS) is 29.5. The van der Waals surface area contributed by atoms with E-state index in [0.717, 1.165) is 37.7 Å². The predicted octanol–water partition coefficient (Wildman–Crippen LogP) is 0.548. The molecule has 3 atom stereocenters. The fourth-order valence-corrected chi connectivity index (χ4v) is 2.50. The van der Waals surface area contributed by atoms with Gasteiger partial charge >= 0.3 is 6.03 Å². The molecule has 3 unspecified atom stereocenters. The molecule has 1 aliphatic carbocycles. The number of carbonyl (C=O) groups is 1. The zero-order valence-electron chi connectivity index (χ0n) is 10.6. The van der Waals surface area contributed by atoms with Crippen LogP contribution in [0, 0.1) is 11.8 Å². The molecular formula is C12H19N5O. The maximum Gasteiger partial charge on any atom is 0.315 e. The number of hydrogen-bond donors (Lipinski definition) is 2. The lowest BCUT2D eigenvalue weighted by atomic mass is 10.1. The van der Waals surface area contributed by atoms with Crippen molar-refractivity contribution < 1.29 is 4.79 Å². The minimum Gasteiger partial charge on any atom is -0.338 e. The van der Waals surface area contributed by atoms with Gasteiger partial charge in [0.1, 0.15) is 12.2 Å². The van der Waals surface area contributed by atoms with Crippen molar-refractivity contribution in [1.82, 2.24) is 25.4 Å². The molecule has 0 aromatic carbocycles. The van der Waals surface area contributed by atoms with Crippen LogP contribution in [0.2, 0.25) is 0 Å². The van der Waals surface area contributed by atoms with Gasteiger partial charge < -0.3 is 10.6 Å². The van der Waals surface area contributed by atoms with Gasteiger partial charge in [0.15, 0.2) is 0 Å². The summed E-state index contributed by atoms with van der Waals surface area (Å²) < 4.78 is 1.87. The highest BCUT2D eigenvalue weighted by molar-refractivity contribution is 5.74. The van der Waals surface area contributed by atoms with Crippen LogP contribution in [-0.2, 0) is 13.0 Å². The summed E-state index contributed by atoms with van der Waals surface area (Å²) in [6.45, 7) is 3.74. The molecule has 6 heteroatoms. The molecular weight excluding hydrogens is 230 g/mol. The highest BCUT2D eigenvalue weighted by atomic mass is 16.2. The van der Waals surface area contributed by atoms with Crippen molar-refractivity contribution in [2.75, 3.05) is 6.54 Å². The quantitative estimate of drug-likeness (QED) is 0.821. The molecule has 1 aliphatic heterocycles. The third-order valence-corrected chi connectivity index (χ3v) is 3.94. The summed E-state index contributed by atoms with van der Waals surface area (Å²) in [6.07, 6.45) is 4.63. The summed E-state index contributed by atoms with van der Waals surface area (Å²) in [7, 11) is 0. The molecule has 98 valence electrons. The van der Waals surface area contributed by atoms with E-state index in [9.17, 15) is 4.79 Å². The molecule has 1 fully saturated rings. The molecule has 6 nitrogen and oxygen atoms in total. The van der Waals surface area contributed by atoms with Gasteiger partial charge in [-0.3, -0.25) is 0 Å². The molecule has 2 heterocycles. The van der Waals surface area contributed by atoms with Crippen LogP contribution in [0.25, 0.3) is 0 Å². The number of aryl methyl sites for hydroxylation is 1. The van der Waals surface area contributed by atoms with Crippen molar-refractivity contribution >= 4 is 6.03 Å². The van der Waals surface area contributed by atoms with Crippen LogP contribution in [0.3, 0.4) is 0 Å². The Hall–Kier alpha value is -1.59. The molecule has 1 aromatic rings. The fraction of sp³-hybridized carbons (Fsp3) is 0.750. The summed E-state index contributed by atoms with van der Waals surface area (Å²) in [5.74, 6) is 2.47. The van der Waals surface area contributed by atoms with Gasteiger partial charge in [0, 0.05) is 13.0 Å². The van der Waals surface area contributed by atoms with E-state index in [4.69, 9.17) is 0 Å². The SMILES string of the molecule is CC1CC1CNC(=O)NC1CCc2ncnn2C1. The molecule has 0 spiro atoms. The van der Waals surface area contributed by atoms with Gasteiger partial charge in [-0.15, -0.1) is 0 Å². The zero-order valence-corrected chi connectivity index (χ0v) is 10.6. The monoisotopic (exact) mass is 249 g/mol. The van der Waals surface area contributed by atoms with Crippen molar-refractivity contribution in [3.05, 3.63) is 12.2 Å². The molecule has 2 N–H and O–H groups in total. The third-order valence-electron chi connectivity index (χ3n) is 3.94. The van der Waals surface area contributed by atoms with Crippen LogP contribution in [0.1, 0.15) is 25.6 Å². The number of nitrogens with zero attached hydrogens (tertiary/aromatic N) is 3. The summed E-state index contributed by atoms with van der Waals surface area (Å²) >= 11 is 0. The predicted molar refractivity (Wildman–Crippen MR) is 65.9 cm³/mol. The van der Waals surface area contributed by atoms with Crippen molar-refractivity contribution in [1.29, 1.82) is 0 Å². The Morgan fingerprint density at radius 3 is 3.22 bits per heavy atom. The molecule has 2 aliphatic rings. The fourth-order valence-electron chi connectivity index (χ4n) is 2.50. The van der Waals surface area contributed by atoms with Crippen molar-refractivity contribution in [2.45, 2.75) is 38.8 Å². The van der Waals surface area contributed by atoms with Gasteiger partial charge in [0.05, 0.1) is 12.6 Å². The van der Waals surface area contributed by atoms with Crippen molar-refractivity contribution in [3.8, 4) is 0 Å². The van der Waals surface area contributed by atoms with Gasteiger partial charge in [0.25, 0.3) is 0 Å². The van der Waals surface area contributed by atoms with E-state index < -0.39 is 0 Å². The largest absolute Gasteiger partial charge is 0.338 e. The van der Waals surface area contributed by atoms with E-state index in [1.165, 1.54) is 6.42 Å². The molecule has 1 saturated carbocycles. The number of hydrogen-bond acceptors (Lipinski definition) is 3. The van der Waals surface area contributed by atoms with Crippen LogP contribution in [0.4, 0.5) is 4.79 Å². The van der Waals surface area contributed by atoms with E-state index in [1.54, 1.807) is 6.33 Å². The van der Waals surface area contributed by atoms with Gasteiger partial charge in [-0.1, -0.05) is 6.92 Å². The number of amides is 2. The highest BCUT2D eigenvalue weighted by Gasteiger charge is 2.32. The third kappa shape index (κ3) is 2.47. The number of aromatic nitrogens is 3. The van der Waals surface area contributed by atoms with E-state index in [0.29, 0.717) is 5.92 Å². The van der Waals surface area contributed by atoms with Crippen LogP contribution < -0.4 is 10.6 Å². The molecule has 1 aromatic heterocycles. The molecule has 18 heavy (non-hydrogen) atoms. The number of fused-ring (bicyclic) bond motifs is 1. The van der Waals surface area contributed by atoms with Crippen LogP contribution in [-0.4, -0.2) is 33.4 Å². The standard InChI is InChI=1S/C12H19N5O/c1-8-4-9(8)5-13-12(18)16-10-2-3-11-14-7-15-17(11)6-10/h7-10H,2-6H2,1H3,(H2,13,16,18). The Morgan fingerprint density at radius 2 is 2.44 bits per heavy atom. The van der Waals surface area contributed by atoms with Crippen molar-refractivity contribution in [2.24, 2.45) is 11.8 Å². The average molecular weight is 249 g/mol. The Kier molecular flexibility index (Phi) is 2.93. The van der Waals surface area contributed by atoms with E-state index in [-0.39, 0.29) is 12.1 Å². The van der Waals surface area contributed by atoms with Gasteiger partial charge in [-0.05, 0) is 24.7 Å². The Bertz CT molecular complexity index is 443. The molecule has 0 saturated heterocycles. The summed E-state index contributed by atoms with van der Waals surface area (Å²) in [5.41, 5.74) is 0. The Balaban J connectivity index is 1.44. The van der Waals surface area contributed by atoms with Crippen LogP contribution >= 0.6 is 0 Å². The summed E-state index contributed by atoms with van der Waals surface area (Å²) in [4.78, 5) is 15.9. The Morgan fingerprint density at radius 1 is 1.61 bits per heavy atom. The summed E-state index contributed by atoms with van der Waals surface area (Å²) in [5, 5.41) is 10.1. The first-order chi connectivity index (χ1) is 8.72. The van der Waals surface area contributed by atoms with Crippen LogP contribution in [0.15, 0.2) is 6.33 Å². The highest BCUT2D eigenvalue weighted by Crippen LogP contribution is 2.36. The lowest BCUT2D eigenvalue weighted by Crippen LogP contribution is -2.46. The second kappa shape index (κ2) is 4.59. The van der Waals surface area contributed by atoms with Gasteiger partial charge in [0.2, 0.25) is 0 Å². The first-order valence-corrected chi connectivity index (χ1v) is 6.63. The number of urea groups is 1. The summed E-state index contributed by atoms with van der Waals surface area (Å²) in [6, 6.07) is 0.110. The number of rotatable bonds is 3. The number of carbonyl (C=O) groups excluding carboxylic acids is 1. The van der Waals surface area contributed by atoms with Gasteiger partial charge in [-0.25, -0.2) is 14.5 Å². The maximum absolute atomic E-state index is 11.7. The van der Waals surface area contributed by atoms with E-state index in [2.05, 4.69) is 27.6 Å². The molecule has 0 radical (unpaired) electrons. The van der Waals surface area contributed by atoms with Gasteiger partial charge in [-0.2, -0.15) is 5.10 Å². The first-order valence-electron chi connectivity index (χ1n) is 6.63. The maximum atomic E-state index is 11.7. The average Bonchev–Trinajstić information content (AvgIpc) is 2.87. The minimum absolute atomic E-state index is 0.0531. The molecule has 3 rings (SSSR count). The van der Waals surface area contributed by atoms with E-state index >= 15 is 0 Å².